The topological polar surface area (TPSA) is 82.8 Å². The number of halogens is 1. The van der Waals surface area contributed by atoms with Gasteiger partial charge in [-0.1, -0.05) is 0 Å². The number of nitrogen functional groups attached to an aromatic ring is 1. The zero-order valence-corrected chi connectivity index (χ0v) is 15.3. The van der Waals surface area contributed by atoms with Crippen molar-refractivity contribution in [3.05, 3.63) is 42.0 Å². The first-order valence-electron chi connectivity index (χ1n) is 7.51. The monoisotopic (exact) mass is 366 g/mol. The smallest absolute Gasteiger partial charge is 0.224 e. The van der Waals surface area contributed by atoms with Crippen LogP contribution in [0.2, 0.25) is 0 Å². The maximum Gasteiger partial charge on any atom is 0.224 e. The van der Waals surface area contributed by atoms with E-state index in [4.69, 9.17) is 19.9 Å². The molecule has 0 saturated carbocycles. The molecule has 0 aliphatic rings. The summed E-state index contributed by atoms with van der Waals surface area (Å²) in [6.45, 7) is 0. The van der Waals surface area contributed by atoms with Gasteiger partial charge in [-0.15, -0.1) is 12.4 Å². The van der Waals surface area contributed by atoms with Gasteiger partial charge in [0.2, 0.25) is 5.91 Å². The average molecular weight is 367 g/mol. The predicted octanol–water partition coefficient (Wildman–Crippen LogP) is 3.29. The Labute approximate surface area is 153 Å². The number of aryl methyl sites for hydroxylation is 1. The van der Waals surface area contributed by atoms with Crippen LogP contribution in [0.5, 0.6) is 17.2 Å². The number of hydrogen-bond donors (Lipinski definition) is 2. The Morgan fingerprint density at radius 3 is 2.16 bits per heavy atom. The van der Waals surface area contributed by atoms with E-state index < -0.39 is 0 Å². The van der Waals surface area contributed by atoms with Gasteiger partial charge in [-0.2, -0.15) is 0 Å². The van der Waals surface area contributed by atoms with Crippen molar-refractivity contribution in [3.63, 3.8) is 0 Å². The van der Waals surface area contributed by atoms with Crippen molar-refractivity contribution in [2.75, 3.05) is 32.4 Å². The van der Waals surface area contributed by atoms with Gasteiger partial charge in [-0.25, -0.2) is 0 Å². The van der Waals surface area contributed by atoms with Crippen LogP contribution in [0.3, 0.4) is 0 Å². The van der Waals surface area contributed by atoms with Gasteiger partial charge < -0.3 is 25.3 Å². The summed E-state index contributed by atoms with van der Waals surface area (Å²) in [7, 11) is 4.74. The van der Waals surface area contributed by atoms with E-state index in [0.29, 0.717) is 41.5 Å². The van der Waals surface area contributed by atoms with Crippen LogP contribution in [0.4, 0.5) is 11.4 Å². The first kappa shape index (κ1) is 20.4. The number of carbonyl (C=O) groups is 1. The van der Waals surface area contributed by atoms with E-state index in [1.165, 1.54) is 0 Å². The highest BCUT2D eigenvalue weighted by Gasteiger charge is 2.08. The summed E-state index contributed by atoms with van der Waals surface area (Å²) >= 11 is 0. The molecular formula is C18H23ClN2O4. The van der Waals surface area contributed by atoms with Crippen molar-refractivity contribution in [3.8, 4) is 17.2 Å². The molecule has 3 N–H and O–H groups in total. The highest BCUT2D eigenvalue weighted by atomic mass is 35.5. The highest BCUT2D eigenvalue weighted by molar-refractivity contribution is 5.91. The number of nitrogens with one attached hydrogen (secondary N) is 1. The van der Waals surface area contributed by atoms with Crippen LogP contribution in [0.15, 0.2) is 36.4 Å². The van der Waals surface area contributed by atoms with E-state index in [1.54, 1.807) is 45.6 Å². The summed E-state index contributed by atoms with van der Waals surface area (Å²) in [5, 5.41) is 2.82. The van der Waals surface area contributed by atoms with Crippen molar-refractivity contribution in [2.45, 2.75) is 12.8 Å². The number of ether oxygens (including phenoxy) is 3. The van der Waals surface area contributed by atoms with Crippen molar-refractivity contribution < 1.29 is 19.0 Å². The summed E-state index contributed by atoms with van der Waals surface area (Å²) in [6.07, 6.45) is 0.910. The van der Waals surface area contributed by atoms with Crippen LogP contribution < -0.4 is 25.3 Å². The predicted molar refractivity (Wildman–Crippen MR) is 101 cm³/mol. The second kappa shape index (κ2) is 9.64. The highest BCUT2D eigenvalue weighted by Crippen LogP contribution is 2.25. The molecule has 2 rings (SSSR count). The van der Waals surface area contributed by atoms with Crippen LogP contribution in [-0.4, -0.2) is 27.2 Å². The second-order valence-electron chi connectivity index (χ2n) is 5.23. The van der Waals surface area contributed by atoms with E-state index >= 15 is 0 Å². The second-order valence-corrected chi connectivity index (χ2v) is 5.23. The molecule has 2 aromatic rings. The maximum absolute atomic E-state index is 12.1. The number of methoxy groups -OCH3 is 3. The fraction of sp³-hybridized carbons (Fsp3) is 0.278. The van der Waals surface area contributed by atoms with Crippen molar-refractivity contribution >= 4 is 29.7 Å². The van der Waals surface area contributed by atoms with E-state index in [2.05, 4.69) is 5.32 Å². The van der Waals surface area contributed by atoms with Crippen LogP contribution in [0, 0.1) is 0 Å². The zero-order chi connectivity index (χ0) is 17.5. The van der Waals surface area contributed by atoms with Gasteiger partial charge in [0, 0.05) is 18.2 Å². The van der Waals surface area contributed by atoms with Gasteiger partial charge in [0.05, 0.1) is 27.0 Å². The molecule has 0 radical (unpaired) electrons. The van der Waals surface area contributed by atoms with E-state index in [1.807, 2.05) is 12.1 Å². The lowest BCUT2D eigenvalue weighted by Gasteiger charge is -2.10. The molecule has 0 spiro atoms. The van der Waals surface area contributed by atoms with Crippen LogP contribution >= 0.6 is 12.4 Å². The Kier molecular flexibility index (Phi) is 7.88. The maximum atomic E-state index is 12.1. The van der Waals surface area contributed by atoms with Gasteiger partial charge in [-0.05, 0) is 42.3 Å². The largest absolute Gasteiger partial charge is 0.497 e. The number of amides is 1. The summed E-state index contributed by atoms with van der Waals surface area (Å²) in [5.74, 6) is 1.89. The normalized spacial score (nSPS) is 9.72. The Hall–Kier alpha value is -2.60. The van der Waals surface area contributed by atoms with Crippen LogP contribution in [-0.2, 0) is 11.2 Å². The Morgan fingerprint density at radius 1 is 1.00 bits per heavy atom. The zero-order valence-electron chi connectivity index (χ0n) is 14.5. The van der Waals surface area contributed by atoms with Crippen molar-refractivity contribution in [1.29, 1.82) is 0 Å². The number of rotatable bonds is 7. The standard InChI is InChI=1S/C18H22N2O4.ClH/c1-22-14-8-12(9-15(11-14)23-2)4-7-18(21)20-13-5-6-17(24-3)16(19)10-13;/h5-6,8-11H,4,7,19H2,1-3H3,(H,20,21);1H. The first-order valence-corrected chi connectivity index (χ1v) is 7.51. The third-order valence-electron chi connectivity index (χ3n) is 3.57. The Bertz CT molecular complexity index is 700. The molecule has 0 fully saturated rings. The molecule has 0 aromatic heterocycles. The lowest BCUT2D eigenvalue weighted by molar-refractivity contribution is -0.116. The molecule has 0 aliphatic carbocycles. The quantitative estimate of drug-likeness (QED) is 0.735. The third kappa shape index (κ3) is 5.76. The number of benzene rings is 2. The lowest BCUT2D eigenvalue weighted by Crippen LogP contribution is -2.12. The number of anilines is 2. The third-order valence-corrected chi connectivity index (χ3v) is 3.57. The molecule has 0 aliphatic heterocycles. The lowest BCUT2D eigenvalue weighted by atomic mass is 10.1. The molecule has 7 heteroatoms. The number of carbonyl (C=O) groups excluding carboxylic acids is 1. The Balaban J connectivity index is 0.00000312. The fourth-order valence-electron chi connectivity index (χ4n) is 2.30. The molecule has 0 atom stereocenters. The molecule has 1 amide bonds. The van der Waals surface area contributed by atoms with E-state index in [-0.39, 0.29) is 18.3 Å². The van der Waals surface area contributed by atoms with Crippen molar-refractivity contribution in [2.24, 2.45) is 0 Å². The van der Waals surface area contributed by atoms with Crippen molar-refractivity contribution in [1.82, 2.24) is 0 Å². The molecule has 6 nitrogen and oxygen atoms in total. The van der Waals surface area contributed by atoms with Crippen LogP contribution in [0.25, 0.3) is 0 Å². The van der Waals surface area contributed by atoms with E-state index in [0.717, 1.165) is 5.56 Å². The SMILES string of the molecule is COc1cc(CCC(=O)Nc2ccc(OC)c(N)c2)cc(OC)c1.Cl. The summed E-state index contributed by atoms with van der Waals surface area (Å²) in [4.78, 5) is 12.1. The molecule has 0 bridgehead atoms. The minimum atomic E-state index is -0.0960. The molecule has 0 heterocycles. The number of hydrogen-bond acceptors (Lipinski definition) is 5. The molecule has 25 heavy (non-hydrogen) atoms. The Morgan fingerprint density at radius 2 is 1.64 bits per heavy atom. The number of nitrogens with two attached hydrogens (primary N) is 1. The first-order chi connectivity index (χ1) is 11.5. The van der Waals surface area contributed by atoms with Gasteiger partial charge >= 0.3 is 0 Å². The van der Waals surface area contributed by atoms with E-state index in [9.17, 15) is 4.79 Å². The minimum absolute atomic E-state index is 0. The van der Waals surface area contributed by atoms with Gasteiger partial charge in [0.1, 0.15) is 17.2 Å². The summed E-state index contributed by atoms with van der Waals surface area (Å²) in [5.41, 5.74) is 7.92. The molecular weight excluding hydrogens is 344 g/mol. The minimum Gasteiger partial charge on any atom is -0.497 e. The molecule has 136 valence electrons. The van der Waals surface area contributed by atoms with Crippen LogP contribution in [0.1, 0.15) is 12.0 Å². The van der Waals surface area contributed by atoms with Gasteiger partial charge in [0.15, 0.2) is 0 Å². The molecule has 0 saturated heterocycles. The van der Waals surface area contributed by atoms with Gasteiger partial charge in [-0.3, -0.25) is 4.79 Å². The average Bonchev–Trinajstić information content (AvgIpc) is 2.59. The molecule has 2 aromatic carbocycles. The summed E-state index contributed by atoms with van der Waals surface area (Å²) in [6, 6.07) is 10.7. The fourth-order valence-corrected chi connectivity index (χ4v) is 2.30. The molecule has 0 unspecified atom stereocenters. The van der Waals surface area contributed by atoms with Gasteiger partial charge in [0.25, 0.3) is 0 Å². The summed E-state index contributed by atoms with van der Waals surface area (Å²) < 4.78 is 15.5.